The fraction of sp³-hybridized carbons (Fsp3) is 0.385. The minimum absolute atomic E-state index is 0.356. The number of anilines is 1. The van der Waals surface area contributed by atoms with Crippen molar-refractivity contribution in [2.75, 3.05) is 11.4 Å². The van der Waals surface area contributed by atoms with E-state index in [-0.39, 0.29) is 5.96 Å². The number of benzene rings is 1. The highest BCUT2D eigenvalue weighted by atomic mass is 35.5. The Labute approximate surface area is 118 Å². The second-order valence-electron chi connectivity index (χ2n) is 4.21. The molecule has 0 unspecified atom stereocenters. The van der Waals surface area contributed by atoms with Crippen LogP contribution in [0.4, 0.5) is 10.5 Å². The van der Waals surface area contributed by atoms with Crippen LogP contribution in [0.3, 0.4) is 0 Å². The smallest absolute Gasteiger partial charge is 0.328 e. The van der Waals surface area contributed by atoms with Gasteiger partial charge in [0, 0.05) is 6.54 Å². The van der Waals surface area contributed by atoms with Crippen molar-refractivity contribution >= 4 is 29.3 Å². The molecule has 0 saturated carbocycles. The van der Waals surface area contributed by atoms with Gasteiger partial charge in [0.1, 0.15) is 0 Å². The van der Waals surface area contributed by atoms with Gasteiger partial charge in [-0.25, -0.2) is 9.69 Å². The Balaban J connectivity index is 3.01. The summed E-state index contributed by atoms with van der Waals surface area (Å²) in [7, 11) is 0. The van der Waals surface area contributed by atoms with Gasteiger partial charge in [0.2, 0.25) is 5.96 Å². The number of nitrogens with one attached hydrogen (secondary N) is 2. The van der Waals surface area contributed by atoms with Crippen LogP contribution in [0.1, 0.15) is 25.3 Å². The fourth-order valence-corrected chi connectivity index (χ4v) is 2.00. The van der Waals surface area contributed by atoms with Crippen LogP contribution >= 0.6 is 11.6 Å². The molecular weight excluding hydrogens is 264 g/mol. The number of amides is 2. The standard InChI is InChI=1S/C13H19ClN4O/c1-3-4-8-17-13(19)18(12(15)16)11-9(2)6-5-7-10(11)14/h5-7H,3-4,8H2,1-2H3,(H3,15,16)(H,17,19). The van der Waals surface area contributed by atoms with Crippen molar-refractivity contribution in [1.29, 1.82) is 5.41 Å². The SMILES string of the molecule is CCCCNC(=O)N(C(=N)N)c1c(C)cccc1Cl. The summed E-state index contributed by atoms with van der Waals surface area (Å²) in [4.78, 5) is 13.2. The molecule has 0 bridgehead atoms. The van der Waals surface area contributed by atoms with Gasteiger partial charge in [0.15, 0.2) is 0 Å². The van der Waals surface area contributed by atoms with Crippen LogP contribution in [0.15, 0.2) is 18.2 Å². The minimum Gasteiger partial charge on any atom is -0.369 e. The molecule has 6 heteroatoms. The summed E-state index contributed by atoms with van der Waals surface area (Å²) >= 11 is 6.10. The quantitative estimate of drug-likeness (QED) is 0.451. The first-order valence-corrected chi connectivity index (χ1v) is 6.54. The second-order valence-corrected chi connectivity index (χ2v) is 4.62. The zero-order valence-corrected chi connectivity index (χ0v) is 11.9. The minimum atomic E-state index is -0.433. The number of halogens is 1. The van der Waals surface area contributed by atoms with Crippen molar-refractivity contribution in [2.45, 2.75) is 26.7 Å². The maximum absolute atomic E-state index is 12.1. The summed E-state index contributed by atoms with van der Waals surface area (Å²) in [6, 6.07) is 4.83. The molecule has 0 aliphatic rings. The third-order valence-electron chi connectivity index (χ3n) is 2.66. The summed E-state index contributed by atoms with van der Waals surface area (Å²) in [5, 5.41) is 10.7. The van der Waals surface area contributed by atoms with Crippen LogP contribution in [-0.2, 0) is 0 Å². The van der Waals surface area contributed by atoms with Crippen molar-refractivity contribution < 1.29 is 4.79 Å². The van der Waals surface area contributed by atoms with Crippen LogP contribution in [0.2, 0.25) is 5.02 Å². The molecule has 0 atom stereocenters. The molecule has 104 valence electrons. The second kappa shape index (κ2) is 6.99. The van der Waals surface area contributed by atoms with Crippen LogP contribution in [0, 0.1) is 12.3 Å². The number of hydrogen-bond donors (Lipinski definition) is 3. The Bertz CT molecular complexity index is 455. The first-order chi connectivity index (χ1) is 8.99. The summed E-state index contributed by atoms with van der Waals surface area (Å²) in [6.45, 7) is 4.40. The Morgan fingerprint density at radius 2 is 2.21 bits per heavy atom. The highest BCUT2D eigenvalue weighted by Crippen LogP contribution is 2.29. The largest absolute Gasteiger partial charge is 0.369 e. The molecule has 0 aliphatic carbocycles. The zero-order chi connectivity index (χ0) is 14.4. The molecule has 0 saturated heterocycles. The van der Waals surface area contributed by atoms with Gasteiger partial charge in [-0.05, 0) is 25.0 Å². The van der Waals surface area contributed by atoms with Crippen molar-refractivity contribution in [3.05, 3.63) is 28.8 Å². The third-order valence-corrected chi connectivity index (χ3v) is 2.97. The lowest BCUT2D eigenvalue weighted by atomic mass is 10.2. The number of nitrogens with two attached hydrogens (primary N) is 1. The molecule has 0 aliphatic heterocycles. The normalized spacial score (nSPS) is 10.1. The van der Waals surface area contributed by atoms with Crippen LogP contribution in [0.25, 0.3) is 0 Å². The lowest BCUT2D eigenvalue weighted by Gasteiger charge is -2.23. The summed E-state index contributed by atoms with van der Waals surface area (Å²) < 4.78 is 0. The van der Waals surface area contributed by atoms with Crippen LogP contribution in [0.5, 0.6) is 0 Å². The van der Waals surface area contributed by atoms with E-state index in [4.69, 9.17) is 22.7 Å². The fourth-order valence-electron chi connectivity index (χ4n) is 1.69. The Kier molecular flexibility index (Phi) is 5.63. The van der Waals surface area contributed by atoms with E-state index in [0.29, 0.717) is 17.3 Å². The molecule has 0 heterocycles. The van der Waals surface area contributed by atoms with Gasteiger partial charge in [-0.3, -0.25) is 5.41 Å². The summed E-state index contributed by atoms with van der Waals surface area (Å²) in [5.41, 5.74) is 6.74. The monoisotopic (exact) mass is 282 g/mol. The lowest BCUT2D eigenvalue weighted by molar-refractivity contribution is 0.249. The molecule has 5 nitrogen and oxygen atoms in total. The molecule has 0 aromatic heterocycles. The molecule has 1 aromatic carbocycles. The third kappa shape index (κ3) is 3.86. The van der Waals surface area contributed by atoms with Gasteiger partial charge < -0.3 is 11.1 Å². The maximum Gasteiger partial charge on any atom is 0.328 e. The molecule has 2 amide bonds. The number of rotatable bonds is 4. The first kappa shape index (κ1) is 15.3. The van der Waals surface area contributed by atoms with E-state index in [0.717, 1.165) is 23.3 Å². The molecular formula is C13H19ClN4O. The predicted molar refractivity (Wildman–Crippen MR) is 78.9 cm³/mol. The Morgan fingerprint density at radius 3 is 2.74 bits per heavy atom. The molecule has 19 heavy (non-hydrogen) atoms. The molecule has 0 spiro atoms. The van der Waals surface area contributed by atoms with Crippen LogP contribution < -0.4 is 16.0 Å². The zero-order valence-electron chi connectivity index (χ0n) is 11.2. The number of unbranched alkanes of at least 4 members (excludes halogenated alkanes) is 1. The van der Waals surface area contributed by atoms with Gasteiger partial charge >= 0.3 is 6.03 Å². The predicted octanol–water partition coefficient (Wildman–Crippen LogP) is 2.86. The maximum atomic E-state index is 12.1. The summed E-state index contributed by atoms with van der Waals surface area (Å²) in [5.74, 6) is -0.356. The number of aryl methyl sites for hydroxylation is 1. The number of carbonyl (C=O) groups excluding carboxylic acids is 1. The number of hydrogen-bond acceptors (Lipinski definition) is 2. The number of urea groups is 1. The molecule has 1 rings (SSSR count). The average Bonchev–Trinajstić information content (AvgIpc) is 2.33. The van der Waals surface area contributed by atoms with Gasteiger partial charge in [0.05, 0.1) is 10.7 Å². The lowest BCUT2D eigenvalue weighted by Crippen LogP contribution is -2.47. The van der Waals surface area contributed by atoms with Gasteiger partial charge in [0.25, 0.3) is 0 Å². The Morgan fingerprint density at radius 1 is 1.53 bits per heavy atom. The molecule has 4 N–H and O–H groups in total. The molecule has 0 fully saturated rings. The molecule has 0 radical (unpaired) electrons. The van der Waals surface area contributed by atoms with Gasteiger partial charge in [-0.1, -0.05) is 37.1 Å². The van der Waals surface area contributed by atoms with E-state index in [1.165, 1.54) is 0 Å². The van der Waals surface area contributed by atoms with E-state index in [2.05, 4.69) is 5.32 Å². The van der Waals surface area contributed by atoms with Gasteiger partial charge in [-0.15, -0.1) is 0 Å². The van der Waals surface area contributed by atoms with Crippen molar-refractivity contribution in [2.24, 2.45) is 5.73 Å². The van der Waals surface area contributed by atoms with E-state index < -0.39 is 6.03 Å². The highest BCUT2D eigenvalue weighted by Gasteiger charge is 2.22. The van der Waals surface area contributed by atoms with E-state index in [9.17, 15) is 4.79 Å². The highest BCUT2D eigenvalue weighted by molar-refractivity contribution is 6.35. The number of nitrogens with zero attached hydrogens (tertiary/aromatic N) is 1. The van der Waals surface area contributed by atoms with Crippen molar-refractivity contribution in [3.63, 3.8) is 0 Å². The number of para-hydroxylation sites is 1. The van der Waals surface area contributed by atoms with Crippen LogP contribution in [-0.4, -0.2) is 18.5 Å². The first-order valence-electron chi connectivity index (χ1n) is 6.16. The Hall–Kier alpha value is -1.75. The number of guanidine groups is 1. The van der Waals surface area contributed by atoms with Gasteiger partial charge in [-0.2, -0.15) is 0 Å². The summed E-state index contributed by atoms with van der Waals surface area (Å²) in [6.07, 6.45) is 1.85. The van der Waals surface area contributed by atoms with E-state index in [1.807, 2.05) is 19.9 Å². The number of carbonyl (C=O) groups is 1. The van der Waals surface area contributed by atoms with Crippen molar-refractivity contribution in [3.8, 4) is 0 Å². The topological polar surface area (TPSA) is 82.2 Å². The van der Waals surface area contributed by atoms with E-state index >= 15 is 0 Å². The van der Waals surface area contributed by atoms with E-state index in [1.54, 1.807) is 12.1 Å². The molecule has 1 aromatic rings. The van der Waals surface area contributed by atoms with Crippen molar-refractivity contribution in [1.82, 2.24) is 5.32 Å². The average molecular weight is 283 g/mol.